The lowest BCUT2D eigenvalue weighted by molar-refractivity contribution is 0.387. The summed E-state index contributed by atoms with van der Waals surface area (Å²) in [5, 5.41) is 3.17. The first-order valence-corrected chi connectivity index (χ1v) is 5.80. The second kappa shape index (κ2) is 3.24. The molecule has 2 aliphatic rings. The Morgan fingerprint density at radius 2 is 1.87 bits per heavy atom. The van der Waals surface area contributed by atoms with Crippen LogP contribution in [0.5, 0.6) is 0 Å². The van der Waals surface area contributed by atoms with Crippen molar-refractivity contribution in [3.8, 4) is 0 Å². The van der Waals surface area contributed by atoms with Crippen LogP contribution in [0, 0.1) is 5.41 Å². The molecule has 0 unspecified atom stereocenters. The quantitative estimate of drug-likeness (QED) is 0.806. The highest BCUT2D eigenvalue weighted by atomic mass is 15.2. The molecule has 80 valence electrons. The SMILES string of the molecule is CNCc1ccc(N2CC3(CC3)C2)cc1. The van der Waals surface area contributed by atoms with Gasteiger partial charge in [-0.25, -0.2) is 0 Å². The van der Waals surface area contributed by atoms with Crippen molar-refractivity contribution in [2.24, 2.45) is 5.41 Å². The zero-order valence-electron chi connectivity index (χ0n) is 9.29. The summed E-state index contributed by atoms with van der Waals surface area (Å²) in [6.07, 6.45) is 2.92. The lowest BCUT2D eigenvalue weighted by atomic mass is 9.96. The van der Waals surface area contributed by atoms with Gasteiger partial charge >= 0.3 is 0 Å². The maximum Gasteiger partial charge on any atom is 0.0366 e. The van der Waals surface area contributed by atoms with E-state index in [2.05, 4.69) is 34.5 Å². The van der Waals surface area contributed by atoms with E-state index in [1.165, 1.54) is 37.2 Å². The molecule has 1 saturated carbocycles. The van der Waals surface area contributed by atoms with Gasteiger partial charge in [-0.3, -0.25) is 0 Å². The van der Waals surface area contributed by atoms with Crippen LogP contribution in [0.3, 0.4) is 0 Å². The third-order valence-corrected chi connectivity index (χ3v) is 3.69. The van der Waals surface area contributed by atoms with Crippen LogP contribution in [0.2, 0.25) is 0 Å². The Morgan fingerprint density at radius 1 is 1.20 bits per heavy atom. The topological polar surface area (TPSA) is 15.3 Å². The summed E-state index contributed by atoms with van der Waals surface area (Å²) in [6.45, 7) is 3.54. The van der Waals surface area contributed by atoms with Gasteiger partial charge in [0.05, 0.1) is 0 Å². The van der Waals surface area contributed by atoms with Crippen molar-refractivity contribution in [2.75, 3.05) is 25.0 Å². The van der Waals surface area contributed by atoms with Crippen molar-refractivity contribution < 1.29 is 0 Å². The van der Waals surface area contributed by atoms with Crippen molar-refractivity contribution >= 4 is 5.69 Å². The minimum absolute atomic E-state index is 0.754. The monoisotopic (exact) mass is 202 g/mol. The van der Waals surface area contributed by atoms with E-state index in [0.29, 0.717) is 0 Å². The number of hydrogen-bond acceptors (Lipinski definition) is 2. The van der Waals surface area contributed by atoms with E-state index in [4.69, 9.17) is 0 Å². The Balaban J connectivity index is 1.66. The predicted molar refractivity (Wildman–Crippen MR) is 63.1 cm³/mol. The standard InChI is InChI=1S/C13H18N2/c1-14-8-11-2-4-12(5-3-11)15-9-13(10-15)6-7-13/h2-5,14H,6-10H2,1H3. The highest BCUT2D eigenvalue weighted by Gasteiger charge is 2.52. The van der Waals surface area contributed by atoms with Crippen molar-refractivity contribution in [2.45, 2.75) is 19.4 Å². The van der Waals surface area contributed by atoms with E-state index >= 15 is 0 Å². The fourth-order valence-corrected chi connectivity index (χ4v) is 2.47. The zero-order chi connectivity index (χ0) is 10.3. The number of nitrogens with one attached hydrogen (secondary N) is 1. The third kappa shape index (κ3) is 1.63. The van der Waals surface area contributed by atoms with E-state index in [1.807, 2.05) is 7.05 Å². The van der Waals surface area contributed by atoms with Crippen LogP contribution in [-0.4, -0.2) is 20.1 Å². The molecule has 2 fully saturated rings. The van der Waals surface area contributed by atoms with Crippen molar-refractivity contribution in [1.29, 1.82) is 0 Å². The van der Waals surface area contributed by atoms with Gasteiger partial charge in [0.25, 0.3) is 0 Å². The Bertz CT molecular complexity index is 343. The van der Waals surface area contributed by atoms with Gasteiger partial charge in [0.15, 0.2) is 0 Å². The molecule has 3 rings (SSSR count). The maximum atomic E-state index is 3.17. The summed E-state index contributed by atoms with van der Waals surface area (Å²) in [6, 6.07) is 8.96. The summed E-state index contributed by atoms with van der Waals surface area (Å²) in [5.74, 6) is 0. The highest BCUT2D eigenvalue weighted by molar-refractivity contribution is 5.51. The largest absolute Gasteiger partial charge is 0.370 e. The molecule has 1 aromatic carbocycles. The van der Waals surface area contributed by atoms with Gasteiger partial charge < -0.3 is 10.2 Å². The van der Waals surface area contributed by atoms with Crippen LogP contribution in [0.4, 0.5) is 5.69 Å². The van der Waals surface area contributed by atoms with E-state index in [1.54, 1.807) is 0 Å². The molecule has 2 nitrogen and oxygen atoms in total. The van der Waals surface area contributed by atoms with Crippen LogP contribution in [0.1, 0.15) is 18.4 Å². The molecule has 0 aromatic heterocycles. The third-order valence-electron chi connectivity index (χ3n) is 3.69. The Hall–Kier alpha value is -1.02. The van der Waals surface area contributed by atoms with Crippen LogP contribution < -0.4 is 10.2 Å². The minimum Gasteiger partial charge on any atom is -0.370 e. The van der Waals surface area contributed by atoms with Crippen LogP contribution >= 0.6 is 0 Å². The molecule has 2 heteroatoms. The summed E-state index contributed by atoms with van der Waals surface area (Å²) in [4.78, 5) is 2.50. The van der Waals surface area contributed by atoms with Gasteiger partial charge in [-0.1, -0.05) is 12.1 Å². The van der Waals surface area contributed by atoms with Crippen LogP contribution in [0.15, 0.2) is 24.3 Å². The molecule has 1 aromatic rings. The van der Waals surface area contributed by atoms with Gasteiger partial charge in [-0.15, -0.1) is 0 Å². The minimum atomic E-state index is 0.754. The molecule has 1 spiro atoms. The molecular formula is C13H18N2. The highest BCUT2D eigenvalue weighted by Crippen LogP contribution is 2.53. The van der Waals surface area contributed by atoms with Crippen LogP contribution in [-0.2, 0) is 6.54 Å². The van der Waals surface area contributed by atoms with E-state index in [-0.39, 0.29) is 0 Å². The van der Waals surface area contributed by atoms with E-state index < -0.39 is 0 Å². The molecule has 0 amide bonds. The average molecular weight is 202 g/mol. The molecular weight excluding hydrogens is 184 g/mol. The summed E-state index contributed by atoms with van der Waals surface area (Å²) >= 11 is 0. The normalized spacial score (nSPS) is 21.5. The molecule has 15 heavy (non-hydrogen) atoms. The van der Waals surface area contributed by atoms with Gasteiger partial charge in [0, 0.05) is 30.7 Å². The Labute approximate surface area is 91.3 Å². The van der Waals surface area contributed by atoms with E-state index in [0.717, 1.165) is 12.0 Å². The van der Waals surface area contributed by atoms with E-state index in [9.17, 15) is 0 Å². The first kappa shape index (κ1) is 9.22. The fourth-order valence-electron chi connectivity index (χ4n) is 2.47. The summed E-state index contributed by atoms with van der Waals surface area (Å²) < 4.78 is 0. The fraction of sp³-hybridized carbons (Fsp3) is 0.538. The second-order valence-corrected chi connectivity index (χ2v) is 5.05. The number of nitrogens with zero attached hydrogens (tertiary/aromatic N) is 1. The van der Waals surface area contributed by atoms with Gasteiger partial charge in [0.2, 0.25) is 0 Å². The molecule has 1 saturated heterocycles. The number of rotatable bonds is 3. The molecule has 1 aliphatic carbocycles. The molecule has 1 heterocycles. The van der Waals surface area contributed by atoms with Gasteiger partial charge in [0.1, 0.15) is 0 Å². The molecule has 1 N–H and O–H groups in total. The summed E-state index contributed by atoms with van der Waals surface area (Å²) in [7, 11) is 1.99. The number of hydrogen-bond donors (Lipinski definition) is 1. The lowest BCUT2D eigenvalue weighted by Gasteiger charge is -2.42. The van der Waals surface area contributed by atoms with Crippen molar-refractivity contribution in [3.05, 3.63) is 29.8 Å². The molecule has 1 aliphatic heterocycles. The molecule has 0 radical (unpaired) electrons. The van der Waals surface area contributed by atoms with Gasteiger partial charge in [-0.2, -0.15) is 0 Å². The first-order chi connectivity index (χ1) is 7.31. The number of anilines is 1. The van der Waals surface area contributed by atoms with Crippen molar-refractivity contribution in [3.63, 3.8) is 0 Å². The predicted octanol–water partition coefficient (Wildman–Crippen LogP) is 2.01. The lowest BCUT2D eigenvalue weighted by Crippen LogP contribution is -2.48. The Kier molecular flexibility index (Phi) is 1.99. The second-order valence-electron chi connectivity index (χ2n) is 5.05. The maximum absolute atomic E-state index is 3.17. The molecule has 0 bridgehead atoms. The average Bonchev–Trinajstić information content (AvgIpc) is 2.97. The van der Waals surface area contributed by atoms with Crippen LogP contribution in [0.25, 0.3) is 0 Å². The Morgan fingerprint density at radius 3 is 2.40 bits per heavy atom. The first-order valence-electron chi connectivity index (χ1n) is 5.80. The zero-order valence-corrected chi connectivity index (χ0v) is 9.29. The number of benzene rings is 1. The van der Waals surface area contributed by atoms with Gasteiger partial charge in [-0.05, 0) is 37.6 Å². The molecule has 0 atom stereocenters. The van der Waals surface area contributed by atoms with Crippen molar-refractivity contribution in [1.82, 2.24) is 5.32 Å². The smallest absolute Gasteiger partial charge is 0.0366 e. The summed E-state index contributed by atoms with van der Waals surface area (Å²) in [5.41, 5.74) is 3.51.